The van der Waals surface area contributed by atoms with E-state index in [-0.39, 0.29) is 11.8 Å². The summed E-state index contributed by atoms with van der Waals surface area (Å²) in [5, 5.41) is 0. The van der Waals surface area contributed by atoms with Crippen LogP contribution in [0.15, 0.2) is 24.3 Å². The molecule has 2 N–H and O–H groups in total. The molecule has 2 rings (SSSR count). The fourth-order valence-electron chi connectivity index (χ4n) is 2.60. The van der Waals surface area contributed by atoms with Crippen LogP contribution in [0.2, 0.25) is 0 Å². The summed E-state index contributed by atoms with van der Waals surface area (Å²) in [5.41, 5.74) is 7.30. The van der Waals surface area contributed by atoms with Gasteiger partial charge in [0.1, 0.15) is 4.99 Å². The highest BCUT2D eigenvalue weighted by Gasteiger charge is 2.24. The molecule has 0 aromatic heterocycles. The van der Waals surface area contributed by atoms with Gasteiger partial charge >= 0.3 is 0 Å². The van der Waals surface area contributed by atoms with Crippen LogP contribution >= 0.6 is 12.2 Å². The molecule has 0 saturated heterocycles. The van der Waals surface area contributed by atoms with Crippen LogP contribution in [-0.2, 0) is 4.79 Å². The van der Waals surface area contributed by atoms with E-state index in [1.807, 2.05) is 31.3 Å². The monoisotopic (exact) mass is 276 g/mol. The molecule has 1 aliphatic rings. The molecule has 0 spiro atoms. The quantitative estimate of drug-likeness (QED) is 0.864. The van der Waals surface area contributed by atoms with E-state index < -0.39 is 0 Å². The van der Waals surface area contributed by atoms with Crippen molar-refractivity contribution < 1.29 is 4.79 Å². The number of hydrogen-bond acceptors (Lipinski definition) is 2. The second kappa shape index (κ2) is 6.15. The summed E-state index contributed by atoms with van der Waals surface area (Å²) < 4.78 is 0. The smallest absolute Gasteiger partial charge is 0.229 e. The Labute approximate surface area is 119 Å². The van der Waals surface area contributed by atoms with Crippen molar-refractivity contribution in [2.24, 2.45) is 11.7 Å². The third kappa shape index (κ3) is 3.32. The lowest BCUT2D eigenvalue weighted by molar-refractivity contribution is -0.123. The maximum Gasteiger partial charge on any atom is 0.229 e. The topological polar surface area (TPSA) is 46.3 Å². The van der Waals surface area contributed by atoms with Crippen molar-refractivity contribution in [3.05, 3.63) is 29.8 Å². The number of anilines is 1. The van der Waals surface area contributed by atoms with Crippen LogP contribution in [0.5, 0.6) is 0 Å². The van der Waals surface area contributed by atoms with Gasteiger partial charge in [-0.25, -0.2) is 0 Å². The Hall–Kier alpha value is -1.42. The summed E-state index contributed by atoms with van der Waals surface area (Å²) in [4.78, 5) is 14.5. The molecule has 1 aromatic carbocycles. The summed E-state index contributed by atoms with van der Waals surface area (Å²) in [6, 6.07) is 7.52. The van der Waals surface area contributed by atoms with E-state index in [4.69, 9.17) is 18.0 Å². The molecular formula is C15H20N2OS. The molecule has 3 nitrogen and oxygen atoms in total. The Kier molecular flexibility index (Phi) is 4.53. The molecule has 0 unspecified atom stereocenters. The highest BCUT2D eigenvalue weighted by Crippen LogP contribution is 2.27. The highest BCUT2D eigenvalue weighted by molar-refractivity contribution is 7.80. The number of rotatable bonds is 3. The SMILES string of the molecule is CN(C(=O)C1CCCCC1)c1ccc(C(N)=S)cc1. The zero-order valence-electron chi connectivity index (χ0n) is 11.3. The maximum absolute atomic E-state index is 12.4. The summed E-state index contributed by atoms with van der Waals surface area (Å²) in [5.74, 6) is 0.414. The van der Waals surface area contributed by atoms with Gasteiger partial charge in [-0.2, -0.15) is 0 Å². The van der Waals surface area contributed by atoms with E-state index in [9.17, 15) is 4.79 Å². The lowest BCUT2D eigenvalue weighted by atomic mass is 9.88. The number of benzene rings is 1. The normalized spacial score (nSPS) is 16.1. The van der Waals surface area contributed by atoms with E-state index in [0.717, 1.165) is 24.1 Å². The second-order valence-corrected chi connectivity index (χ2v) is 5.58. The average molecular weight is 276 g/mol. The van der Waals surface area contributed by atoms with E-state index in [2.05, 4.69) is 0 Å². The Balaban J connectivity index is 2.07. The molecule has 1 saturated carbocycles. The molecule has 19 heavy (non-hydrogen) atoms. The van der Waals surface area contributed by atoms with Gasteiger partial charge in [0.2, 0.25) is 5.91 Å². The van der Waals surface area contributed by atoms with Gasteiger partial charge in [0.25, 0.3) is 0 Å². The Bertz CT molecular complexity index is 464. The lowest BCUT2D eigenvalue weighted by Crippen LogP contribution is -2.33. The molecule has 0 radical (unpaired) electrons. The van der Waals surface area contributed by atoms with Gasteiger partial charge in [0.15, 0.2) is 0 Å². The molecule has 1 aliphatic carbocycles. The molecule has 0 aliphatic heterocycles. The summed E-state index contributed by atoms with van der Waals surface area (Å²) in [6.45, 7) is 0. The Morgan fingerprint density at radius 2 is 1.79 bits per heavy atom. The van der Waals surface area contributed by atoms with Gasteiger partial charge in [0.05, 0.1) is 0 Å². The summed E-state index contributed by atoms with van der Waals surface area (Å²) in [7, 11) is 1.84. The van der Waals surface area contributed by atoms with Crippen LogP contribution < -0.4 is 10.6 Å². The lowest BCUT2D eigenvalue weighted by Gasteiger charge is -2.26. The van der Waals surface area contributed by atoms with Gasteiger partial charge in [-0.3, -0.25) is 4.79 Å². The molecule has 1 aromatic rings. The van der Waals surface area contributed by atoms with Crippen molar-refractivity contribution in [1.82, 2.24) is 0 Å². The van der Waals surface area contributed by atoms with Gasteiger partial charge < -0.3 is 10.6 Å². The van der Waals surface area contributed by atoms with Crippen LogP contribution in [0.1, 0.15) is 37.7 Å². The Morgan fingerprint density at radius 1 is 1.21 bits per heavy atom. The van der Waals surface area contributed by atoms with Crippen molar-refractivity contribution in [1.29, 1.82) is 0 Å². The standard InChI is InChI=1S/C15H20N2OS/c1-17(15(18)12-5-3-2-4-6-12)13-9-7-11(8-10-13)14(16)19/h7-10,12H,2-6H2,1H3,(H2,16,19). The first-order valence-electron chi connectivity index (χ1n) is 6.77. The van der Waals surface area contributed by atoms with Gasteiger partial charge in [-0.15, -0.1) is 0 Å². The zero-order valence-corrected chi connectivity index (χ0v) is 12.1. The molecule has 0 heterocycles. The van der Waals surface area contributed by atoms with Gasteiger partial charge in [-0.1, -0.05) is 31.5 Å². The van der Waals surface area contributed by atoms with Crippen molar-refractivity contribution in [2.75, 3.05) is 11.9 Å². The Morgan fingerprint density at radius 3 is 2.32 bits per heavy atom. The molecule has 4 heteroatoms. The average Bonchev–Trinajstić information content (AvgIpc) is 2.46. The number of carbonyl (C=O) groups excluding carboxylic acids is 1. The molecular weight excluding hydrogens is 256 g/mol. The third-order valence-corrected chi connectivity index (χ3v) is 4.06. The van der Waals surface area contributed by atoms with Gasteiger partial charge in [-0.05, 0) is 37.1 Å². The van der Waals surface area contributed by atoms with Crippen molar-refractivity contribution in [3.8, 4) is 0 Å². The number of nitrogens with zero attached hydrogens (tertiary/aromatic N) is 1. The maximum atomic E-state index is 12.4. The second-order valence-electron chi connectivity index (χ2n) is 5.14. The van der Waals surface area contributed by atoms with Crippen LogP contribution in [0, 0.1) is 5.92 Å². The fourth-order valence-corrected chi connectivity index (χ4v) is 2.74. The third-order valence-electron chi connectivity index (χ3n) is 3.82. The van der Waals surface area contributed by atoms with Gasteiger partial charge in [0, 0.05) is 24.2 Å². The molecule has 1 fully saturated rings. The van der Waals surface area contributed by atoms with Crippen LogP contribution in [0.4, 0.5) is 5.69 Å². The number of nitrogens with two attached hydrogens (primary N) is 1. The minimum absolute atomic E-state index is 0.189. The van der Waals surface area contributed by atoms with Crippen molar-refractivity contribution in [3.63, 3.8) is 0 Å². The largest absolute Gasteiger partial charge is 0.389 e. The van der Waals surface area contributed by atoms with E-state index in [0.29, 0.717) is 4.99 Å². The zero-order chi connectivity index (χ0) is 13.8. The first kappa shape index (κ1) is 14.0. The highest BCUT2D eigenvalue weighted by atomic mass is 32.1. The van der Waals surface area contributed by atoms with Crippen LogP contribution in [-0.4, -0.2) is 17.9 Å². The summed E-state index contributed by atoms with van der Waals surface area (Å²) in [6.07, 6.45) is 5.65. The van der Waals surface area contributed by atoms with E-state index in [1.54, 1.807) is 4.90 Å². The van der Waals surface area contributed by atoms with Crippen molar-refractivity contribution in [2.45, 2.75) is 32.1 Å². The summed E-state index contributed by atoms with van der Waals surface area (Å²) >= 11 is 4.92. The number of amides is 1. The minimum atomic E-state index is 0.189. The fraction of sp³-hybridized carbons (Fsp3) is 0.467. The first-order chi connectivity index (χ1) is 9.09. The van der Waals surface area contributed by atoms with Crippen molar-refractivity contribution >= 4 is 28.8 Å². The van der Waals surface area contributed by atoms with E-state index >= 15 is 0 Å². The van der Waals surface area contributed by atoms with E-state index in [1.165, 1.54) is 19.3 Å². The predicted molar refractivity (Wildman–Crippen MR) is 82.3 cm³/mol. The number of carbonyl (C=O) groups is 1. The number of thiocarbonyl (C=S) groups is 1. The van der Waals surface area contributed by atoms with Crippen LogP contribution in [0.25, 0.3) is 0 Å². The van der Waals surface area contributed by atoms with Crippen LogP contribution in [0.3, 0.4) is 0 Å². The molecule has 0 atom stereocenters. The molecule has 0 bridgehead atoms. The number of hydrogen-bond donors (Lipinski definition) is 1. The molecule has 102 valence electrons. The molecule has 1 amide bonds. The predicted octanol–water partition coefficient (Wildman–Crippen LogP) is 2.86. The first-order valence-corrected chi connectivity index (χ1v) is 7.18. The minimum Gasteiger partial charge on any atom is -0.389 e.